The van der Waals surface area contributed by atoms with E-state index in [2.05, 4.69) is 0 Å². The predicted molar refractivity (Wildman–Crippen MR) is 88.2 cm³/mol. The third kappa shape index (κ3) is 3.39. The Hall–Kier alpha value is -1.88. The van der Waals surface area contributed by atoms with E-state index in [9.17, 15) is 9.59 Å². The van der Waals surface area contributed by atoms with Gasteiger partial charge in [0.05, 0.1) is 18.1 Å². The zero-order chi connectivity index (χ0) is 16.6. The summed E-state index contributed by atoms with van der Waals surface area (Å²) in [5.41, 5.74) is 2.03. The van der Waals surface area contributed by atoms with Gasteiger partial charge in [0.15, 0.2) is 0 Å². The number of nitrogens with zero attached hydrogens (tertiary/aromatic N) is 2. The number of ether oxygens (including phenoxy) is 1. The molecule has 2 aliphatic heterocycles. The molecule has 2 amide bonds. The summed E-state index contributed by atoms with van der Waals surface area (Å²) in [4.78, 5) is 28.7. The second-order valence-electron chi connectivity index (χ2n) is 6.74. The molecule has 1 aromatic carbocycles. The van der Waals surface area contributed by atoms with Gasteiger partial charge in [0.2, 0.25) is 11.8 Å². The zero-order valence-corrected chi connectivity index (χ0v) is 14.0. The molecule has 5 heteroatoms. The summed E-state index contributed by atoms with van der Waals surface area (Å²) in [6.45, 7) is 7.67. The Bertz CT molecular complexity index is 589. The fraction of sp³-hybridized carbons (Fsp3) is 0.556. The van der Waals surface area contributed by atoms with E-state index in [1.807, 2.05) is 49.9 Å². The first kappa shape index (κ1) is 16.0. The molecule has 0 saturated carbocycles. The largest absolute Gasteiger partial charge is 0.372 e. The fourth-order valence-electron chi connectivity index (χ4n) is 3.46. The molecular formula is C18H24N2O3. The van der Waals surface area contributed by atoms with Crippen LogP contribution < -0.4 is 4.90 Å². The van der Waals surface area contributed by atoms with Crippen LogP contribution in [0.1, 0.15) is 25.8 Å². The molecule has 0 spiro atoms. The minimum atomic E-state index is -0.249. The van der Waals surface area contributed by atoms with Crippen molar-refractivity contribution in [3.05, 3.63) is 29.8 Å². The lowest BCUT2D eigenvalue weighted by Gasteiger charge is -2.36. The van der Waals surface area contributed by atoms with Crippen molar-refractivity contribution >= 4 is 17.5 Å². The van der Waals surface area contributed by atoms with Gasteiger partial charge in [-0.1, -0.05) is 17.7 Å². The molecule has 0 bridgehead atoms. The summed E-state index contributed by atoms with van der Waals surface area (Å²) in [5, 5.41) is 0. The maximum atomic E-state index is 12.8. The Labute approximate surface area is 137 Å². The van der Waals surface area contributed by atoms with Crippen molar-refractivity contribution in [2.24, 2.45) is 5.92 Å². The van der Waals surface area contributed by atoms with Gasteiger partial charge in [-0.05, 0) is 32.9 Å². The molecule has 23 heavy (non-hydrogen) atoms. The number of aryl methyl sites for hydroxylation is 1. The van der Waals surface area contributed by atoms with Gasteiger partial charge in [-0.2, -0.15) is 0 Å². The number of morpholine rings is 1. The lowest BCUT2D eigenvalue weighted by atomic mass is 10.1. The molecule has 2 fully saturated rings. The number of rotatable bonds is 2. The standard InChI is InChI=1S/C18H24N2O3/c1-12-4-6-16(7-5-12)20-11-15(8-17(20)21)18(22)19-9-13(2)23-14(3)10-19/h4-7,13-15H,8-11H2,1-3H3. The van der Waals surface area contributed by atoms with Crippen LogP contribution in [0.3, 0.4) is 0 Å². The van der Waals surface area contributed by atoms with Crippen molar-refractivity contribution in [1.29, 1.82) is 0 Å². The van der Waals surface area contributed by atoms with E-state index in [0.29, 0.717) is 26.1 Å². The van der Waals surface area contributed by atoms with Crippen LogP contribution in [-0.4, -0.2) is 48.6 Å². The third-order valence-electron chi connectivity index (χ3n) is 4.55. The van der Waals surface area contributed by atoms with Crippen LogP contribution in [0, 0.1) is 12.8 Å². The Morgan fingerprint density at radius 3 is 2.30 bits per heavy atom. The summed E-state index contributed by atoms with van der Waals surface area (Å²) in [5.74, 6) is -0.141. The van der Waals surface area contributed by atoms with E-state index in [-0.39, 0.29) is 29.9 Å². The number of hydrogen-bond acceptors (Lipinski definition) is 3. The molecule has 1 aromatic rings. The minimum absolute atomic E-state index is 0.0292. The van der Waals surface area contributed by atoms with E-state index in [1.165, 1.54) is 0 Å². The zero-order valence-electron chi connectivity index (χ0n) is 14.0. The van der Waals surface area contributed by atoms with Crippen LogP contribution in [0.5, 0.6) is 0 Å². The number of benzene rings is 1. The Balaban J connectivity index is 1.69. The number of hydrogen-bond donors (Lipinski definition) is 0. The topological polar surface area (TPSA) is 49.9 Å². The lowest BCUT2D eigenvalue weighted by Crippen LogP contribution is -2.50. The molecule has 2 heterocycles. The first-order valence-corrected chi connectivity index (χ1v) is 8.25. The summed E-state index contributed by atoms with van der Waals surface area (Å²) in [7, 11) is 0. The van der Waals surface area contributed by atoms with E-state index in [1.54, 1.807) is 4.90 Å². The Morgan fingerprint density at radius 1 is 1.09 bits per heavy atom. The molecule has 0 radical (unpaired) electrons. The van der Waals surface area contributed by atoms with Crippen molar-refractivity contribution in [3.63, 3.8) is 0 Å². The summed E-state index contributed by atoms with van der Waals surface area (Å²) >= 11 is 0. The maximum absolute atomic E-state index is 12.8. The molecule has 2 saturated heterocycles. The SMILES string of the molecule is Cc1ccc(N2CC(C(=O)N3CC(C)OC(C)C3)CC2=O)cc1. The van der Waals surface area contributed by atoms with Gasteiger partial charge < -0.3 is 14.5 Å². The molecule has 3 unspecified atom stereocenters. The highest BCUT2D eigenvalue weighted by atomic mass is 16.5. The normalized spacial score (nSPS) is 28.3. The highest BCUT2D eigenvalue weighted by molar-refractivity contribution is 6.00. The van der Waals surface area contributed by atoms with Gasteiger partial charge in [0.1, 0.15) is 0 Å². The van der Waals surface area contributed by atoms with E-state index in [4.69, 9.17) is 4.74 Å². The summed E-state index contributed by atoms with van der Waals surface area (Å²) < 4.78 is 5.68. The van der Waals surface area contributed by atoms with Gasteiger partial charge in [0, 0.05) is 31.7 Å². The lowest BCUT2D eigenvalue weighted by molar-refractivity contribution is -0.147. The quantitative estimate of drug-likeness (QED) is 0.838. The van der Waals surface area contributed by atoms with Crippen LogP contribution in [0.4, 0.5) is 5.69 Å². The average Bonchev–Trinajstić information content (AvgIpc) is 2.88. The van der Waals surface area contributed by atoms with Crippen LogP contribution in [-0.2, 0) is 14.3 Å². The summed E-state index contributed by atoms with van der Waals surface area (Å²) in [6, 6.07) is 7.87. The summed E-state index contributed by atoms with van der Waals surface area (Å²) in [6.07, 6.45) is 0.397. The van der Waals surface area contributed by atoms with Crippen LogP contribution in [0.25, 0.3) is 0 Å². The van der Waals surface area contributed by atoms with E-state index in [0.717, 1.165) is 11.3 Å². The van der Waals surface area contributed by atoms with E-state index < -0.39 is 0 Å². The number of carbonyl (C=O) groups is 2. The first-order valence-electron chi connectivity index (χ1n) is 8.25. The second kappa shape index (κ2) is 6.32. The Morgan fingerprint density at radius 2 is 1.70 bits per heavy atom. The fourth-order valence-corrected chi connectivity index (χ4v) is 3.46. The van der Waals surface area contributed by atoms with E-state index >= 15 is 0 Å². The van der Waals surface area contributed by atoms with Crippen molar-refractivity contribution in [2.75, 3.05) is 24.5 Å². The van der Waals surface area contributed by atoms with Crippen molar-refractivity contribution in [1.82, 2.24) is 4.90 Å². The van der Waals surface area contributed by atoms with Gasteiger partial charge in [-0.3, -0.25) is 9.59 Å². The number of carbonyl (C=O) groups excluding carboxylic acids is 2. The molecule has 3 atom stereocenters. The molecule has 5 nitrogen and oxygen atoms in total. The molecule has 0 N–H and O–H groups in total. The van der Waals surface area contributed by atoms with Gasteiger partial charge in [0.25, 0.3) is 0 Å². The first-order chi connectivity index (χ1) is 10.9. The highest BCUT2D eigenvalue weighted by Gasteiger charge is 2.38. The maximum Gasteiger partial charge on any atom is 0.228 e. The van der Waals surface area contributed by atoms with Crippen molar-refractivity contribution in [3.8, 4) is 0 Å². The van der Waals surface area contributed by atoms with Gasteiger partial charge in [-0.15, -0.1) is 0 Å². The van der Waals surface area contributed by atoms with Crippen LogP contribution in [0.15, 0.2) is 24.3 Å². The van der Waals surface area contributed by atoms with Crippen molar-refractivity contribution in [2.45, 2.75) is 39.4 Å². The molecule has 0 aromatic heterocycles. The highest BCUT2D eigenvalue weighted by Crippen LogP contribution is 2.27. The minimum Gasteiger partial charge on any atom is -0.372 e. The van der Waals surface area contributed by atoms with Crippen LogP contribution >= 0.6 is 0 Å². The van der Waals surface area contributed by atoms with Gasteiger partial charge >= 0.3 is 0 Å². The predicted octanol–water partition coefficient (Wildman–Crippen LogP) is 1.98. The third-order valence-corrected chi connectivity index (χ3v) is 4.55. The monoisotopic (exact) mass is 316 g/mol. The average molecular weight is 316 g/mol. The number of amides is 2. The van der Waals surface area contributed by atoms with Gasteiger partial charge in [-0.25, -0.2) is 0 Å². The molecular weight excluding hydrogens is 292 g/mol. The number of anilines is 1. The molecule has 2 aliphatic rings. The molecule has 124 valence electrons. The Kier molecular flexibility index (Phi) is 4.39. The van der Waals surface area contributed by atoms with Crippen LogP contribution in [0.2, 0.25) is 0 Å². The second-order valence-corrected chi connectivity index (χ2v) is 6.74. The van der Waals surface area contributed by atoms with Crippen molar-refractivity contribution < 1.29 is 14.3 Å². The smallest absolute Gasteiger partial charge is 0.228 e. The molecule has 0 aliphatic carbocycles. The molecule has 3 rings (SSSR count).